The van der Waals surface area contributed by atoms with Gasteiger partial charge in [0.1, 0.15) is 0 Å². The molecule has 0 saturated heterocycles. The smallest absolute Gasteiger partial charge is 0.308 e. The lowest BCUT2D eigenvalue weighted by Crippen LogP contribution is -2.31. The monoisotopic (exact) mass is 401 g/mol. The largest absolute Gasteiger partial charge is 0.453 e. The Kier molecular flexibility index (Phi) is 4.95. The summed E-state index contributed by atoms with van der Waals surface area (Å²) >= 11 is 2.84. The van der Waals surface area contributed by atoms with Crippen molar-refractivity contribution in [1.82, 2.24) is 10.2 Å². The van der Waals surface area contributed by atoms with Gasteiger partial charge < -0.3 is 14.5 Å². The maximum absolute atomic E-state index is 12.3. The van der Waals surface area contributed by atoms with Gasteiger partial charge in [-0.15, -0.1) is 33.3 Å². The van der Waals surface area contributed by atoms with E-state index < -0.39 is 17.3 Å². The van der Waals surface area contributed by atoms with Gasteiger partial charge in [0.15, 0.2) is 6.10 Å². The second kappa shape index (κ2) is 7.53. The highest BCUT2D eigenvalue weighted by Crippen LogP contribution is 2.37. The third kappa shape index (κ3) is 3.88. The fraction of sp³-hybridized carbons (Fsp3) is 0.222. The minimum atomic E-state index is -0.692. The van der Waals surface area contributed by atoms with Crippen LogP contribution >= 0.6 is 23.1 Å². The molecule has 27 heavy (non-hydrogen) atoms. The van der Waals surface area contributed by atoms with Gasteiger partial charge in [-0.1, -0.05) is 18.2 Å². The van der Waals surface area contributed by atoms with Crippen LogP contribution in [0.2, 0.25) is 0 Å². The highest BCUT2D eigenvalue weighted by atomic mass is 32.2. The van der Waals surface area contributed by atoms with Gasteiger partial charge in [0.25, 0.3) is 11.8 Å². The molecule has 0 fully saturated rings. The minimum Gasteiger partial charge on any atom is -0.453 e. The molecule has 4 rings (SSSR count). The number of anilines is 1. The summed E-state index contributed by atoms with van der Waals surface area (Å²) in [6, 6.07) is 11.2. The molecule has 7 nitrogen and oxygen atoms in total. The Bertz CT molecular complexity index is 971. The number of amides is 1. The van der Waals surface area contributed by atoms with Gasteiger partial charge >= 0.3 is 5.97 Å². The molecule has 1 aliphatic heterocycles. The number of aromatic nitrogens is 2. The quantitative estimate of drug-likeness (QED) is 0.648. The summed E-state index contributed by atoms with van der Waals surface area (Å²) in [5.41, 5.74) is 0.762. The van der Waals surface area contributed by atoms with E-state index in [1.165, 1.54) is 23.1 Å². The molecule has 138 valence electrons. The standard InChI is InChI=1S/C18H15N3O4S2/c1-10(17-20-21-18(25-17)13-7-4-8-26-13)24-15(22)9-14-16(23)19-11-5-2-3-6-12(11)27-14/h2-8,10,14H,9H2,1H3,(H,19,23)/t10-,14-/m0/s1. The second-order valence-corrected chi connectivity index (χ2v) is 8.04. The van der Waals surface area contributed by atoms with E-state index >= 15 is 0 Å². The van der Waals surface area contributed by atoms with Gasteiger partial charge in [-0.2, -0.15) is 0 Å². The van der Waals surface area contributed by atoms with Crippen LogP contribution in [0.3, 0.4) is 0 Å². The van der Waals surface area contributed by atoms with Crippen LogP contribution in [0.15, 0.2) is 51.1 Å². The molecule has 0 bridgehead atoms. The molecule has 0 aliphatic carbocycles. The van der Waals surface area contributed by atoms with Gasteiger partial charge in [0.05, 0.1) is 22.2 Å². The normalized spacial score (nSPS) is 17.1. The summed E-state index contributed by atoms with van der Waals surface area (Å²) in [5, 5.41) is 12.1. The summed E-state index contributed by atoms with van der Waals surface area (Å²) in [5.74, 6) is -0.0916. The Morgan fingerprint density at radius 2 is 2.15 bits per heavy atom. The Morgan fingerprint density at radius 1 is 1.30 bits per heavy atom. The van der Waals surface area contributed by atoms with Crippen LogP contribution in [-0.4, -0.2) is 27.3 Å². The summed E-state index contributed by atoms with van der Waals surface area (Å²) in [4.78, 5) is 26.3. The fourth-order valence-electron chi connectivity index (χ4n) is 2.57. The van der Waals surface area contributed by atoms with Crippen LogP contribution in [0.25, 0.3) is 10.8 Å². The summed E-state index contributed by atoms with van der Waals surface area (Å²) in [6.45, 7) is 1.66. The average molecular weight is 401 g/mol. The van der Waals surface area contributed by atoms with E-state index in [0.717, 1.165) is 15.5 Å². The fourth-order valence-corrected chi connectivity index (χ4v) is 4.31. The van der Waals surface area contributed by atoms with Crippen molar-refractivity contribution < 1.29 is 18.7 Å². The molecular weight excluding hydrogens is 386 g/mol. The van der Waals surface area contributed by atoms with Crippen LogP contribution in [0.5, 0.6) is 0 Å². The van der Waals surface area contributed by atoms with Gasteiger partial charge in [-0.05, 0) is 30.5 Å². The van der Waals surface area contributed by atoms with Crippen molar-refractivity contribution in [2.24, 2.45) is 0 Å². The predicted molar refractivity (Wildman–Crippen MR) is 101 cm³/mol. The van der Waals surface area contributed by atoms with Gasteiger partial charge in [0.2, 0.25) is 5.91 Å². The van der Waals surface area contributed by atoms with Crippen LogP contribution < -0.4 is 5.32 Å². The number of hydrogen-bond acceptors (Lipinski definition) is 8. The van der Waals surface area contributed by atoms with Crippen molar-refractivity contribution in [2.75, 3.05) is 5.32 Å². The van der Waals surface area contributed by atoms with Crippen LogP contribution in [0.1, 0.15) is 25.3 Å². The molecular formula is C18H15N3O4S2. The lowest BCUT2D eigenvalue weighted by atomic mass is 10.2. The van der Waals surface area contributed by atoms with Crippen LogP contribution in [0, 0.1) is 0 Å². The molecule has 0 unspecified atom stereocenters. The van der Waals surface area contributed by atoms with Crippen molar-refractivity contribution in [3.8, 4) is 10.8 Å². The Morgan fingerprint density at radius 3 is 2.96 bits per heavy atom. The number of nitrogens with zero attached hydrogens (tertiary/aromatic N) is 2. The van der Waals surface area contributed by atoms with Crippen LogP contribution in [0.4, 0.5) is 5.69 Å². The van der Waals surface area contributed by atoms with E-state index in [4.69, 9.17) is 9.15 Å². The number of ether oxygens (including phenoxy) is 1. The van der Waals surface area contributed by atoms with E-state index in [-0.39, 0.29) is 18.2 Å². The number of carbonyl (C=O) groups is 2. The Balaban J connectivity index is 1.37. The molecule has 9 heteroatoms. The zero-order valence-electron chi connectivity index (χ0n) is 14.2. The average Bonchev–Trinajstić information content (AvgIpc) is 3.34. The Labute approximate surface area is 163 Å². The highest BCUT2D eigenvalue weighted by Gasteiger charge is 2.30. The van der Waals surface area contributed by atoms with Gasteiger partial charge in [-0.3, -0.25) is 9.59 Å². The number of rotatable bonds is 5. The maximum Gasteiger partial charge on any atom is 0.308 e. The van der Waals surface area contributed by atoms with Crippen molar-refractivity contribution in [2.45, 2.75) is 29.6 Å². The van der Waals surface area contributed by atoms with E-state index in [9.17, 15) is 9.59 Å². The lowest BCUT2D eigenvalue weighted by Gasteiger charge is -2.23. The topological polar surface area (TPSA) is 94.3 Å². The maximum atomic E-state index is 12.3. The molecule has 2 atom stereocenters. The number of thiophene rings is 1. The SMILES string of the molecule is C[C@H](OC(=O)C[C@@H]1Sc2ccccc2NC1=O)c1nnc(-c2cccs2)o1. The third-order valence-corrected chi connectivity index (χ3v) is 6.02. The Hall–Kier alpha value is -2.65. The van der Waals surface area contributed by atoms with Crippen molar-refractivity contribution in [3.63, 3.8) is 0 Å². The van der Waals surface area contributed by atoms with Gasteiger partial charge in [-0.25, -0.2) is 0 Å². The molecule has 1 N–H and O–H groups in total. The second-order valence-electron chi connectivity index (χ2n) is 5.85. The zero-order valence-corrected chi connectivity index (χ0v) is 15.9. The first-order valence-corrected chi connectivity index (χ1v) is 9.99. The molecule has 1 amide bonds. The first-order valence-electron chi connectivity index (χ1n) is 8.23. The number of esters is 1. The van der Waals surface area contributed by atoms with E-state index in [1.807, 2.05) is 41.8 Å². The minimum absolute atomic E-state index is 0.0406. The number of benzene rings is 1. The first-order chi connectivity index (χ1) is 13.1. The highest BCUT2D eigenvalue weighted by molar-refractivity contribution is 8.01. The number of hydrogen-bond donors (Lipinski definition) is 1. The first kappa shape index (κ1) is 17.7. The number of carbonyl (C=O) groups excluding carboxylic acids is 2. The molecule has 3 aromatic rings. The van der Waals surface area contributed by atoms with E-state index in [0.29, 0.717) is 5.89 Å². The van der Waals surface area contributed by atoms with E-state index in [2.05, 4.69) is 15.5 Å². The molecule has 0 spiro atoms. The number of nitrogens with one attached hydrogen (secondary N) is 1. The third-order valence-electron chi connectivity index (χ3n) is 3.89. The predicted octanol–water partition coefficient (Wildman–Crippen LogP) is 3.91. The van der Waals surface area contributed by atoms with Gasteiger partial charge in [0, 0.05) is 4.90 Å². The molecule has 1 aliphatic rings. The lowest BCUT2D eigenvalue weighted by molar-refractivity contribution is -0.150. The van der Waals surface area contributed by atoms with Crippen molar-refractivity contribution in [1.29, 1.82) is 0 Å². The van der Waals surface area contributed by atoms with E-state index in [1.54, 1.807) is 6.92 Å². The van der Waals surface area contributed by atoms with Crippen molar-refractivity contribution >= 4 is 40.7 Å². The molecule has 0 saturated carbocycles. The molecule has 3 heterocycles. The summed E-state index contributed by atoms with van der Waals surface area (Å²) in [7, 11) is 0. The number of fused-ring (bicyclic) bond motifs is 1. The summed E-state index contributed by atoms with van der Waals surface area (Å²) in [6.07, 6.45) is -0.733. The summed E-state index contributed by atoms with van der Waals surface area (Å²) < 4.78 is 11.0. The number of para-hydroxylation sites is 1. The molecule has 2 aromatic heterocycles. The molecule has 1 aromatic carbocycles. The zero-order chi connectivity index (χ0) is 18.8. The van der Waals surface area contributed by atoms with Crippen LogP contribution in [-0.2, 0) is 14.3 Å². The number of thioether (sulfide) groups is 1. The molecule has 0 radical (unpaired) electrons. The van der Waals surface area contributed by atoms with Crippen molar-refractivity contribution in [3.05, 3.63) is 47.7 Å².